The second-order valence-corrected chi connectivity index (χ2v) is 25.8. The fourth-order valence-corrected chi connectivity index (χ4v) is 16.0. The number of fused-ring (bicyclic) bond motifs is 6. The van der Waals surface area contributed by atoms with Gasteiger partial charge in [-0.15, -0.1) is 6.58 Å². The molecule has 0 saturated heterocycles. The molecule has 9 saturated carbocycles. The van der Waals surface area contributed by atoms with Gasteiger partial charge in [-0.2, -0.15) is 0 Å². The molecule has 9 heteroatoms. The van der Waals surface area contributed by atoms with Crippen LogP contribution in [0, 0.1) is 69.5 Å². The van der Waals surface area contributed by atoms with Crippen LogP contribution in [-0.2, 0) is 14.2 Å². The number of carbonyl (C=O) groups is 3. The average Bonchev–Trinajstić information content (AvgIpc) is 3.76. The summed E-state index contributed by atoms with van der Waals surface area (Å²) in [5.41, 5.74) is 0.587. The highest BCUT2D eigenvalue weighted by Crippen LogP contribution is 2.69. The Balaban J connectivity index is 0.906. The van der Waals surface area contributed by atoms with Gasteiger partial charge in [-0.05, 0) is 207 Å². The molecule has 0 aromatic carbocycles. The van der Waals surface area contributed by atoms with Crippen molar-refractivity contribution in [3.05, 3.63) is 24.3 Å². The molecule has 1 unspecified atom stereocenters. The highest BCUT2D eigenvalue weighted by molar-refractivity contribution is 5.71. The lowest BCUT2D eigenvalue weighted by atomic mass is 9.39. The number of hydrogen-bond donors (Lipinski definition) is 2. The van der Waals surface area contributed by atoms with E-state index in [9.17, 15) is 14.4 Å². The predicted octanol–water partition coefficient (Wildman–Crippen LogP) is 12.4. The Kier molecular flexibility index (Phi) is 11.8. The zero-order valence-electron chi connectivity index (χ0n) is 40.8. The van der Waals surface area contributed by atoms with Crippen LogP contribution in [0.15, 0.2) is 24.3 Å². The molecule has 0 radical (unpaired) electrons. The zero-order chi connectivity index (χ0) is 44.8. The van der Waals surface area contributed by atoms with Gasteiger partial charge < -0.3 is 29.7 Å². The van der Waals surface area contributed by atoms with E-state index in [1.165, 1.54) is 44.9 Å². The summed E-state index contributed by atoms with van der Waals surface area (Å²) in [6.45, 7) is 29.3. The number of hydrogen-bond acceptors (Lipinski definition) is 6. The van der Waals surface area contributed by atoms with Gasteiger partial charge >= 0.3 is 18.3 Å². The zero-order valence-corrected chi connectivity index (χ0v) is 40.8. The number of ether oxygens (including phenoxy) is 3. The Labute approximate surface area is 375 Å². The number of rotatable bonds is 13. The van der Waals surface area contributed by atoms with Crippen molar-refractivity contribution in [3.8, 4) is 0 Å². The lowest BCUT2D eigenvalue weighted by Gasteiger charge is -2.71. The van der Waals surface area contributed by atoms with Crippen LogP contribution in [0.25, 0.3) is 0 Å². The fraction of sp³-hybridized carbons (Fsp3) is 0.868. The Morgan fingerprint density at radius 2 is 1.50 bits per heavy atom. The van der Waals surface area contributed by atoms with Crippen molar-refractivity contribution >= 4 is 18.3 Å². The number of allylic oxidation sites excluding steroid dienone is 2. The van der Waals surface area contributed by atoms with Crippen molar-refractivity contribution in [3.63, 3.8) is 0 Å². The van der Waals surface area contributed by atoms with Crippen LogP contribution in [0.5, 0.6) is 0 Å². The third-order valence-electron chi connectivity index (χ3n) is 18.7. The lowest BCUT2D eigenvalue weighted by Crippen LogP contribution is -2.77. The van der Waals surface area contributed by atoms with E-state index in [0.29, 0.717) is 42.2 Å². The van der Waals surface area contributed by atoms with Crippen molar-refractivity contribution in [2.45, 2.75) is 207 Å². The van der Waals surface area contributed by atoms with Crippen LogP contribution in [0.1, 0.15) is 179 Å². The summed E-state index contributed by atoms with van der Waals surface area (Å²) in [5.74, 6) is 5.92. The Morgan fingerprint density at radius 1 is 0.855 bits per heavy atom. The molecule has 62 heavy (non-hydrogen) atoms. The summed E-state index contributed by atoms with van der Waals surface area (Å²) >= 11 is 0. The highest BCUT2D eigenvalue weighted by Gasteiger charge is 2.69. The van der Waals surface area contributed by atoms with Crippen molar-refractivity contribution < 1.29 is 28.6 Å². The maximum Gasteiger partial charge on any atom is 0.410 e. The molecule has 4 bridgehead atoms. The molecule has 10 atom stereocenters. The van der Waals surface area contributed by atoms with E-state index >= 15 is 0 Å². The van der Waals surface area contributed by atoms with Crippen molar-refractivity contribution in [2.75, 3.05) is 13.1 Å². The van der Waals surface area contributed by atoms with E-state index in [-0.39, 0.29) is 46.3 Å². The van der Waals surface area contributed by atoms with Gasteiger partial charge in [-0.3, -0.25) is 0 Å². The first-order valence-corrected chi connectivity index (χ1v) is 25.2. The molecule has 10 aliphatic rings. The summed E-state index contributed by atoms with van der Waals surface area (Å²) < 4.78 is 17.8. The van der Waals surface area contributed by atoms with E-state index in [2.05, 4.69) is 64.0 Å². The molecule has 0 aromatic rings. The molecule has 9 nitrogen and oxygen atoms in total. The summed E-state index contributed by atoms with van der Waals surface area (Å²) in [7, 11) is 0. The molecular formula is C53H85N3O6. The van der Waals surface area contributed by atoms with Gasteiger partial charge in [0, 0.05) is 30.6 Å². The van der Waals surface area contributed by atoms with Crippen LogP contribution in [0.3, 0.4) is 0 Å². The van der Waals surface area contributed by atoms with E-state index in [1.54, 1.807) is 5.57 Å². The molecular weight excluding hydrogens is 775 g/mol. The topological polar surface area (TPSA) is 106 Å². The van der Waals surface area contributed by atoms with Crippen LogP contribution >= 0.6 is 0 Å². The maximum absolute atomic E-state index is 14.5. The van der Waals surface area contributed by atoms with E-state index in [0.717, 1.165) is 87.4 Å². The summed E-state index contributed by atoms with van der Waals surface area (Å²) in [5, 5.41) is 6.38. The van der Waals surface area contributed by atoms with Gasteiger partial charge in [0.25, 0.3) is 0 Å². The molecule has 2 N–H and O–H groups in total. The summed E-state index contributed by atoms with van der Waals surface area (Å²) in [4.78, 5) is 42.1. The number of nitrogens with one attached hydrogen (secondary N) is 2. The first kappa shape index (κ1) is 45.8. The minimum atomic E-state index is -0.550. The fourth-order valence-electron chi connectivity index (χ4n) is 16.0. The summed E-state index contributed by atoms with van der Waals surface area (Å²) in [6.07, 6.45) is 21.2. The minimum Gasteiger partial charge on any atom is -0.446 e. The van der Waals surface area contributed by atoms with Gasteiger partial charge in [-0.1, -0.05) is 52.3 Å². The van der Waals surface area contributed by atoms with Gasteiger partial charge in [0.2, 0.25) is 0 Å². The molecule has 10 aliphatic carbocycles. The minimum absolute atomic E-state index is 0.0112. The van der Waals surface area contributed by atoms with Crippen LogP contribution in [-0.4, -0.2) is 64.7 Å². The van der Waals surface area contributed by atoms with E-state index in [1.807, 2.05) is 46.4 Å². The molecule has 10 rings (SSSR count). The van der Waals surface area contributed by atoms with Crippen LogP contribution in [0.2, 0.25) is 0 Å². The SMILES string of the molecule is C=C[C@H](CC[C@@H](C)[C@H]1CC[C@H]2[C@@H]3CC=C4C[C@@H](OC(=O)N(CC5CC6(NC(=O)OC(C)(C)C)CC5C6)CC56CC(NC(=O)OC(C)(C)C)(C5)C6)CC[C@]4(C)[C@H]3CC[C@]12C)C(C)C. The number of carbonyl (C=O) groups excluding carboxylic acids is 3. The number of nitrogens with zero attached hydrogens (tertiary/aromatic N) is 1. The third kappa shape index (κ3) is 8.72. The van der Waals surface area contributed by atoms with Crippen LogP contribution in [0.4, 0.5) is 14.4 Å². The normalized spacial score (nSPS) is 41.0. The van der Waals surface area contributed by atoms with Crippen molar-refractivity contribution in [2.24, 2.45) is 69.5 Å². The van der Waals surface area contributed by atoms with E-state index < -0.39 is 11.2 Å². The molecule has 3 amide bonds. The molecule has 0 heterocycles. The highest BCUT2D eigenvalue weighted by atomic mass is 16.6. The molecule has 0 spiro atoms. The van der Waals surface area contributed by atoms with Gasteiger partial charge in [0.1, 0.15) is 17.3 Å². The van der Waals surface area contributed by atoms with Gasteiger partial charge in [-0.25, -0.2) is 14.4 Å². The Morgan fingerprint density at radius 3 is 2.11 bits per heavy atom. The standard InChI is InChI=1S/C53H85N3O6/c1-13-35(33(2)3)15-14-34(4)41-18-19-42-40-17-16-38-24-39(20-22-49(38,11)43(40)21-23-50(41,42)12)60-46(59)56(32-51-29-53(30-51,31-51)55-45(58)62-48(8,9)10)28-37-27-52(25-36(37)26-52)54-44(57)61-47(5,6)7/h13,16,33-37,39-43H,1,14-15,17-32H2,2-12H3,(H,54,57)(H,55,58)/t34-,35-,36?,37?,39+,40+,41-,42+,43+,49+,50-,51?,52?,53?/m1/s1. The quantitative estimate of drug-likeness (QED) is 0.141. The monoisotopic (exact) mass is 860 g/mol. The average molecular weight is 860 g/mol. The largest absolute Gasteiger partial charge is 0.446 e. The molecule has 348 valence electrons. The van der Waals surface area contributed by atoms with E-state index in [4.69, 9.17) is 14.2 Å². The Bertz CT molecular complexity index is 1750. The van der Waals surface area contributed by atoms with Crippen molar-refractivity contribution in [1.29, 1.82) is 0 Å². The molecule has 0 aliphatic heterocycles. The molecule has 9 fully saturated rings. The summed E-state index contributed by atoms with van der Waals surface area (Å²) in [6, 6.07) is 0. The third-order valence-corrected chi connectivity index (χ3v) is 18.7. The predicted molar refractivity (Wildman–Crippen MR) is 245 cm³/mol. The van der Waals surface area contributed by atoms with Gasteiger partial charge in [0.05, 0.1) is 0 Å². The first-order valence-electron chi connectivity index (χ1n) is 25.2. The Hall–Kier alpha value is -2.71. The van der Waals surface area contributed by atoms with Crippen molar-refractivity contribution in [1.82, 2.24) is 15.5 Å². The van der Waals surface area contributed by atoms with Crippen LogP contribution < -0.4 is 10.6 Å². The lowest BCUT2D eigenvalue weighted by molar-refractivity contribution is -0.163. The number of alkyl carbamates (subject to hydrolysis) is 2. The first-order chi connectivity index (χ1) is 28.9. The second-order valence-electron chi connectivity index (χ2n) is 25.8. The van der Waals surface area contributed by atoms with Gasteiger partial charge in [0.15, 0.2) is 0 Å². The molecule has 0 aromatic heterocycles. The second kappa shape index (κ2) is 16.0. The smallest absolute Gasteiger partial charge is 0.410 e. The maximum atomic E-state index is 14.5. The number of amides is 3.